The Labute approximate surface area is 83.7 Å². The molecule has 0 amide bonds. The van der Waals surface area contributed by atoms with Crippen molar-refractivity contribution in [1.29, 1.82) is 0 Å². The number of nitrogens with two attached hydrogens (primary N) is 1. The van der Waals surface area contributed by atoms with E-state index in [0.29, 0.717) is 0 Å². The number of carbonyl (C=O) groups is 1. The van der Waals surface area contributed by atoms with Crippen molar-refractivity contribution in [3.63, 3.8) is 0 Å². The van der Waals surface area contributed by atoms with Crippen LogP contribution in [0, 0.1) is 11.0 Å². The molecule has 0 spiro atoms. The van der Waals surface area contributed by atoms with Crippen LogP contribution in [0.5, 0.6) is 0 Å². The van der Waals surface area contributed by atoms with Crippen LogP contribution in [0.25, 0.3) is 0 Å². The zero-order valence-electron chi connectivity index (χ0n) is 8.40. The summed E-state index contributed by atoms with van der Waals surface area (Å²) < 4.78 is 15.3. The van der Waals surface area contributed by atoms with Gasteiger partial charge in [0, 0.05) is 0 Å². The van der Waals surface area contributed by atoms with Gasteiger partial charge in [0.05, 0.1) is 0 Å². The Morgan fingerprint density at radius 2 is 2.14 bits per heavy atom. The molecule has 0 heterocycles. The molecule has 0 aromatic rings. The van der Waals surface area contributed by atoms with Crippen molar-refractivity contribution in [2.24, 2.45) is 11.1 Å². The fraction of sp³-hybridized carbons (Fsp3) is 0.750. The van der Waals surface area contributed by atoms with Crippen LogP contribution in [0.1, 0.15) is 13.8 Å². The number of carboxylic acids is 1. The summed E-state index contributed by atoms with van der Waals surface area (Å²) in [6.45, 7) is 2.92. The van der Waals surface area contributed by atoms with Crippen LogP contribution < -0.4 is 5.73 Å². The minimum atomic E-state index is -1.57. The third-order valence-corrected chi connectivity index (χ3v) is 2.90. The van der Waals surface area contributed by atoms with Gasteiger partial charge in [-0.25, -0.2) is 0 Å². The van der Waals surface area contributed by atoms with Crippen molar-refractivity contribution in [1.82, 2.24) is 0 Å². The monoisotopic (exact) mass is 219 g/mol. The van der Waals surface area contributed by atoms with Crippen LogP contribution in [0.4, 0.5) is 0 Å². The Bertz CT molecular complexity index is 321. The molecule has 0 saturated carbocycles. The Balaban J connectivity index is 5.26. The minimum absolute atomic E-state index is 0.0432. The molecule has 0 aliphatic carbocycles. The van der Waals surface area contributed by atoms with Gasteiger partial charge >= 0.3 is 83.0 Å². The summed E-state index contributed by atoms with van der Waals surface area (Å²) in [6, 6.07) is 0. The number of rotatable bonds is 4. The van der Waals surface area contributed by atoms with Crippen molar-refractivity contribution >= 4 is 13.9 Å². The van der Waals surface area contributed by atoms with E-state index in [1.54, 1.807) is 0 Å². The van der Waals surface area contributed by atoms with E-state index in [-0.39, 0.29) is 14.5 Å². The summed E-state index contributed by atoms with van der Waals surface area (Å²) in [7, 11) is 1.03. The Morgan fingerprint density at radius 3 is 2.43 bits per heavy atom. The van der Waals surface area contributed by atoms with Gasteiger partial charge in [0.25, 0.3) is 0 Å². The van der Waals surface area contributed by atoms with Gasteiger partial charge in [-0.15, -0.1) is 0 Å². The summed E-state index contributed by atoms with van der Waals surface area (Å²) in [5.74, 6) is -1.19. The van der Waals surface area contributed by atoms with E-state index >= 15 is 0 Å². The fourth-order valence-corrected chi connectivity index (χ4v) is 1.42. The first-order valence-electron chi connectivity index (χ1n) is 3.92. The summed E-state index contributed by atoms with van der Waals surface area (Å²) in [4.78, 5) is 10.9. The summed E-state index contributed by atoms with van der Waals surface area (Å²) in [5.41, 5.74) is 5.42. The van der Waals surface area contributed by atoms with E-state index in [9.17, 15) is 9.36 Å². The molecule has 0 rings (SSSR count). The summed E-state index contributed by atoms with van der Waals surface area (Å²) in [5, 5.41) is 8.90. The Hall–Kier alpha value is -0.600. The number of ether oxygens (including phenoxy) is 1. The molecule has 5 nitrogen and oxygen atoms in total. The number of methoxy groups -OCH3 is 1. The molecule has 80 valence electrons. The predicted octanol–water partition coefficient (Wildman–Crippen LogP) is 0.692. The summed E-state index contributed by atoms with van der Waals surface area (Å²) in [6.07, 6.45) is 0. The standard InChI is InChI=1S/C8H14NO4P/c1-7(4-13-3,5-14-12)8(2,9)6(10)11/h4,9H2,1-3H3,(H,10,11). The second-order valence-corrected chi connectivity index (χ2v) is 3.88. The van der Waals surface area contributed by atoms with Crippen molar-refractivity contribution in [2.45, 2.75) is 19.4 Å². The Morgan fingerprint density at radius 1 is 1.64 bits per heavy atom. The van der Waals surface area contributed by atoms with Gasteiger partial charge < -0.3 is 0 Å². The van der Waals surface area contributed by atoms with Crippen LogP contribution in [0.2, 0.25) is 0 Å². The molecule has 14 heavy (non-hydrogen) atoms. The van der Waals surface area contributed by atoms with E-state index in [1.807, 2.05) is 0 Å². The molecular formula is C8H14NO4P. The fourth-order valence-electron chi connectivity index (χ4n) is 0.924. The van der Waals surface area contributed by atoms with E-state index in [2.05, 4.69) is 5.63 Å². The second-order valence-electron chi connectivity index (χ2n) is 3.48. The van der Waals surface area contributed by atoms with Gasteiger partial charge in [-0.05, 0) is 0 Å². The molecule has 3 N–H and O–H groups in total. The molecule has 2 atom stereocenters. The van der Waals surface area contributed by atoms with Gasteiger partial charge in [-0.3, -0.25) is 0 Å². The molecule has 0 bridgehead atoms. The van der Waals surface area contributed by atoms with Gasteiger partial charge in [-0.1, -0.05) is 0 Å². The normalized spacial score (nSPS) is 18.9. The van der Waals surface area contributed by atoms with Crippen LogP contribution in [-0.4, -0.2) is 30.3 Å². The van der Waals surface area contributed by atoms with E-state index in [4.69, 9.17) is 15.6 Å². The van der Waals surface area contributed by atoms with Gasteiger partial charge in [0.1, 0.15) is 0 Å². The zero-order chi connectivity index (χ0) is 11.4. The van der Waals surface area contributed by atoms with Crippen molar-refractivity contribution in [3.8, 4) is 5.63 Å². The van der Waals surface area contributed by atoms with Crippen LogP contribution >= 0.6 is 7.92 Å². The van der Waals surface area contributed by atoms with E-state index in [1.165, 1.54) is 21.0 Å². The van der Waals surface area contributed by atoms with Crippen molar-refractivity contribution in [3.05, 3.63) is 0 Å². The number of hydrogen-bond acceptors (Lipinski definition) is 4. The second kappa shape index (κ2) is 4.76. The zero-order valence-corrected chi connectivity index (χ0v) is 9.30. The van der Waals surface area contributed by atoms with Gasteiger partial charge in [-0.2, -0.15) is 0 Å². The number of hydrogen-bond donors (Lipinski definition) is 2. The maximum atomic E-state index is 10.9. The number of carboxylic acid groups (broad SMARTS) is 1. The third-order valence-electron chi connectivity index (χ3n) is 2.32. The molecular weight excluding hydrogens is 205 g/mol. The first kappa shape index (κ1) is 13.4. The molecule has 6 heteroatoms. The van der Waals surface area contributed by atoms with Gasteiger partial charge in [0.15, 0.2) is 0 Å². The molecule has 0 aliphatic rings. The van der Waals surface area contributed by atoms with E-state index in [0.717, 1.165) is 0 Å². The molecule has 0 radical (unpaired) electrons. The first-order chi connectivity index (χ1) is 6.31. The van der Waals surface area contributed by atoms with Crippen molar-refractivity contribution < 1.29 is 19.2 Å². The SMILES string of the molecule is COCC(C)(C#P=O)C(C)(N)C(=O)O. The molecule has 0 fully saturated rings. The quantitative estimate of drug-likeness (QED) is 0.679. The first-order valence-corrected chi connectivity index (χ1v) is 4.74. The number of aliphatic carboxylic acids is 1. The maximum absolute atomic E-state index is 10.9. The molecule has 0 aromatic carbocycles. The molecule has 0 aliphatic heterocycles. The molecule has 0 aromatic heterocycles. The third kappa shape index (κ3) is 2.46. The van der Waals surface area contributed by atoms with Crippen LogP contribution in [-0.2, 0) is 14.1 Å². The van der Waals surface area contributed by atoms with Crippen molar-refractivity contribution in [2.75, 3.05) is 13.7 Å². The average Bonchev–Trinajstić information content (AvgIpc) is 2.04. The predicted molar refractivity (Wildman–Crippen MR) is 51.7 cm³/mol. The van der Waals surface area contributed by atoms with Gasteiger partial charge in [0.2, 0.25) is 0 Å². The Kier molecular flexibility index (Phi) is 4.56. The van der Waals surface area contributed by atoms with E-state index < -0.39 is 16.9 Å². The van der Waals surface area contributed by atoms with Crippen LogP contribution in [0.3, 0.4) is 0 Å². The molecule has 0 saturated heterocycles. The topological polar surface area (TPSA) is 89.6 Å². The van der Waals surface area contributed by atoms with Crippen LogP contribution in [0.15, 0.2) is 0 Å². The average molecular weight is 219 g/mol. The molecule has 2 unspecified atom stereocenters. The summed E-state index contributed by atoms with van der Waals surface area (Å²) >= 11 is 0.